The summed E-state index contributed by atoms with van der Waals surface area (Å²) in [6.07, 6.45) is 7.33. The summed E-state index contributed by atoms with van der Waals surface area (Å²) in [4.78, 5) is 15.9. The van der Waals surface area contributed by atoms with Crippen molar-refractivity contribution in [3.63, 3.8) is 0 Å². The zero-order valence-electron chi connectivity index (χ0n) is 16.0. The predicted molar refractivity (Wildman–Crippen MR) is 112 cm³/mol. The molecule has 4 heterocycles. The minimum atomic E-state index is -0.414. The van der Waals surface area contributed by atoms with E-state index < -0.39 is 5.82 Å². The van der Waals surface area contributed by atoms with Crippen LogP contribution in [0.2, 0.25) is 0 Å². The van der Waals surface area contributed by atoms with Gasteiger partial charge in [-0.3, -0.25) is 9.67 Å². The number of nitrogen functional groups attached to an aromatic ring is 1. The third kappa shape index (κ3) is 2.91. The third-order valence-electron chi connectivity index (χ3n) is 5.03. The summed E-state index contributed by atoms with van der Waals surface area (Å²) in [5.74, 6) is 1.68. The molecule has 0 aliphatic carbocycles. The van der Waals surface area contributed by atoms with E-state index in [0.29, 0.717) is 12.5 Å². The molecule has 0 spiro atoms. The van der Waals surface area contributed by atoms with E-state index in [1.807, 2.05) is 26.2 Å². The average molecular weight is 390 g/mol. The molecular formula is C20H19FN8. The van der Waals surface area contributed by atoms with Crippen LogP contribution in [0.5, 0.6) is 0 Å². The second kappa shape index (κ2) is 6.40. The van der Waals surface area contributed by atoms with E-state index in [0.717, 1.165) is 46.1 Å². The van der Waals surface area contributed by atoms with E-state index in [4.69, 9.17) is 10.7 Å². The molecule has 5 rings (SSSR count). The molecule has 1 aromatic carbocycles. The molecule has 0 saturated heterocycles. The van der Waals surface area contributed by atoms with Gasteiger partial charge in [0.25, 0.3) is 0 Å². The van der Waals surface area contributed by atoms with Gasteiger partial charge in [-0.05, 0) is 36.3 Å². The number of aryl methyl sites for hydroxylation is 2. The van der Waals surface area contributed by atoms with E-state index in [1.165, 1.54) is 6.07 Å². The topological polar surface area (TPSA) is 97.2 Å². The van der Waals surface area contributed by atoms with Crippen LogP contribution in [0.4, 0.5) is 27.5 Å². The maximum Gasteiger partial charge on any atom is 0.229 e. The van der Waals surface area contributed by atoms with Crippen molar-refractivity contribution in [2.24, 2.45) is 12.0 Å². The van der Waals surface area contributed by atoms with Crippen LogP contribution >= 0.6 is 0 Å². The first-order chi connectivity index (χ1) is 14.0. The van der Waals surface area contributed by atoms with Crippen LogP contribution in [0.1, 0.15) is 16.7 Å². The largest absolute Gasteiger partial charge is 0.396 e. The Morgan fingerprint density at radius 1 is 1.24 bits per heavy atom. The van der Waals surface area contributed by atoms with E-state index in [-0.39, 0.29) is 5.69 Å². The molecule has 2 aliphatic rings. The number of nitrogens with one attached hydrogen (secondary N) is 1. The molecule has 8 nitrogen and oxygen atoms in total. The predicted octanol–water partition coefficient (Wildman–Crippen LogP) is 2.76. The van der Waals surface area contributed by atoms with Gasteiger partial charge in [-0.15, -0.1) is 0 Å². The number of aromatic nitrogens is 4. The molecule has 0 unspecified atom stereocenters. The molecule has 0 bridgehead atoms. The van der Waals surface area contributed by atoms with Crippen LogP contribution in [0.3, 0.4) is 0 Å². The number of halogens is 1. The first kappa shape index (κ1) is 17.4. The molecule has 2 aliphatic heterocycles. The van der Waals surface area contributed by atoms with Gasteiger partial charge in [0.1, 0.15) is 17.5 Å². The van der Waals surface area contributed by atoms with E-state index in [2.05, 4.69) is 25.3 Å². The fourth-order valence-corrected chi connectivity index (χ4v) is 3.66. The van der Waals surface area contributed by atoms with Gasteiger partial charge >= 0.3 is 0 Å². The summed E-state index contributed by atoms with van der Waals surface area (Å²) in [5.41, 5.74) is 10.2. The maximum atomic E-state index is 13.8. The lowest BCUT2D eigenvalue weighted by atomic mass is 9.94. The summed E-state index contributed by atoms with van der Waals surface area (Å²) in [5, 5.41) is 7.31. The molecule has 0 amide bonds. The van der Waals surface area contributed by atoms with Crippen molar-refractivity contribution in [3.8, 4) is 0 Å². The number of rotatable bonds is 3. The summed E-state index contributed by atoms with van der Waals surface area (Å²) >= 11 is 0. The molecule has 3 aromatic rings. The molecular weight excluding hydrogens is 371 g/mol. The van der Waals surface area contributed by atoms with Crippen molar-refractivity contribution in [1.29, 1.82) is 0 Å². The third-order valence-corrected chi connectivity index (χ3v) is 5.03. The van der Waals surface area contributed by atoms with Crippen molar-refractivity contribution in [2.45, 2.75) is 6.92 Å². The summed E-state index contributed by atoms with van der Waals surface area (Å²) in [6, 6.07) is 3.12. The Morgan fingerprint density at radius 3 is 2.90 bits per heavy atom. The number of nitrogens with two attached hydrogens (primary N) is 1. The van der Waals surface area contributed by atoms with Crippen molar-refractivity contribution in [1.82, 2.24) is 19.7 Å². The van der Waals surface area contributed by atoms with Gasteiger partial charge in [-0.2, -0.15) is 10.1 Å². The van der Waals surface area contributed by atoms with E-state index in [1.54, 1.807) is 23.1 Å². The van der Waals surface area contributed by atoms with Crippen LogP contribution in [0.25, 0.3) is 11.6 Å². The molecule has 146 valence electrons. The first-order valence-electron chi connectivity index (χ1n) is 9.22. The number of anilines is 4. The number of benzene rings is 1. The Labute approximate surface area is 166 Å². The van der Waals surface area contributed by atoms with Crippen molar-refractivity contribution < 1.29 is 4.39 Å². The second-order valence-electron chi connectivity index (χ2n) is 7.10. The highest BCUT2D eigenvalue weighted by Crippen LogP contribution is 2.37. The van der Waals surface area contributed by atoms with Crippen LogP contribution in [0.15, 0.2) is 35.7 Å². The number of fused-ring (bicyclic) bond motifs is 3. The molecule has 0 fully saturated rings. The second-order valence-corrected chi connectivity index (χ2v) is 7.10. The van der Waals surface area contributed by atoms with Gasteiger partial charge in [0.2, 0.25) is 5.95 Å². The highest BCUT2D eigenvalue weighted by Gasteiger charge is 2.31. The van der Waals surface area contributed by atoms with Crippen LogP contribution in [-0.2, 0) is 7.05 Å². The molecule has 29 heavy (non-hydrogen) atoms. The fourth-order valence-electron chi connectivity index (χ4n) is 3.66. The number of aliphatic imine (C=N–C) groups is 1. The SMILES string of the molecule is Cc1cc(F)c(N)cc1C1=Cc2cnc(Nc3cnn(C)c3)nc2N2CCN=C12. The zero-order chi connectivity index (χ0) is 20.1. The minimum Gasteiger partial charge on any atom is -0.396 e. The Kier molecular flexibility index (Phi) is 3.83. The molecule has 3 N–H and O–H groups in total. The summed E-state index contributed by atoms with van der Waals surface area (Å²) in [7, 11) is 1.85. The highest BCUT2D eigenvalue weighted by molar-refractivity contribution is 6.36. The molecule has 9 heteroatoms. The quantitative estimate of drug-likeness (QED) is 0.668. The Morgan fingerprint density at radius 2 is 2.10 bits per heavy atom. The lowest BCUT2D eigenvalue weighted by Gasteiger charge is -2.28. The van der Waals surface area contributed by atoms with Gasteiger partial charge < -0.3 is 16.0 Å². The van der Waals surface area contributed by atoms with Gasteiger partial charge in [0, 0.05) is 37.1 Å². The van der Waals surface area contributed by atoms with Gasteiger partial charge in [0.05, 0.1) is 24.1 Å². The van der Waals surface area contributed by atoms with Crippen LogP contribution < -0.4 is 16.0 Å². The first-order valence-corrected chi connectivity index (χ1v) is 9.22. The Bertz CT molecular complexity index is 1190. The number of nitrogens with zero attached hydrogens (tertiary/aromatic N) is 6. The Balaban J connectivity index is 1.58. The van der Waals surface area contributed by atoms with Gasteiger partial charge in [-0.1, -0.05) is 0 Å². The highest BCUT2D eigenvalue weighted by atomic mass is 19.1. The Hall–Kier alpha value is -3.75. The van der Waals surface area contributed by atoms with E-state index in [9.17, 15) is 4.39 Å². The normalized spacial score (nSPS) is 14.9. The summed E-state index contributed by atoms with van der Waals surface area (Å²) < 4.78 is 15.5. The van der Waals surface area contributed by atoms with Crippen LogP contribution in [0, 0.1) is 12.7 Å². The average Bonchev–Trinajstić information content (AvgIpc) is 3.34. The lowest BCUT2D eigenvalue weighted by molar-refractivity contribution is 0.631. The van der Waals surface area contributed by atoms with Gasteiger partial charge in [-0.25, -0.2) is 9.37 Å². The lowest BCUT2D eigenvalue weighted by Crippen LogP contribution is -2.32. The molecule has 0 atom stereocenters. The monoisotopic (exact) mass is 390 g/mol. The van der Waals surface area contributed by atoms with Crippen molar-refractivity contribution >= 4 is 40.6 Å². The van der Waals surface area contributed by atoms with Crippen molar-refractivity contribution in [3.05, 3.63) is 53.2 Å². The standard InChI is InChI=1S/C20H19FN8/c1-11-5-16(21)17(22)7-14(11)15-6-12-8-24-20(26-13-9-25-28(2)10-13)27-18(12)29-4-3-23-19(15)29/h5-10H,3-4,22H2,1-2H3,(H,24,26,27). The minimum absolute atomic E-state index is 0.120. The number of hydrogen-bond donors (Lipinski definition) is 2. The van der Waals surface area contributed by atoms with E-state index >= 15 is 0 Å². The molecule has 0 saturated carbocycles. The number of hydrogen-bond acceptors (Lipinski definition) is 7. The fraction of sp³-hybridized carbons (Fsp3) is 0.200. The summed E-state index contributed by atoms with van der Waals surface area (Å²) in [6.45, 7) is 3.25. The van der Waals surface area contributed by atoms with Gasteiger partial charge in [0.15, 0.2) is 0 Å². The van der Waals surface area contributed by atoms with Crippen molar-refractivity contribution in [2.75, 3.05) is 29.0 Å². The number of amidine groups is 1. The molecule has 2 aromatic heterocycles. The van der Waals surface area contributed by atoms with Crippen LogP contribution in [-0.4, -0.2) is 38.7 Å². The smallest absolute Gasteiger partial charge is 0.229 e. The molecule has 0 radical (unpaired) electrons. The maximum absolute atomic E-state index is 13.8. The zero-order valence-corrected chi connectivity index (χ0v) is 16.0.